The first kappa shape index (κ1) is 12.2. The average Bonchev–Trinajstić information content (AvgIpc) is 3.06. The molecular weight excluding hydrogens is 242 g/mol. The summed E-state index contributed by atoms with van der Waals surface area (Å²) >= 11 is 0. The summed E-state index contributed by atoms with van der Waals surface area (Å²) in [6.07, 6.45) is 2.24. The minimum absolute atomic E-state index is 0.0336. The molecule has 1 amide bonds. The Bertz CT molecular complexity index is 606. The lowest BCUT2D eigenvalue weighted by Crippen LogP contribution is -2.30. The summed E-state index contributed by atoms with van der Waals surface area (Å²) in [6, 6.07) is 5.55. The highest BCUT2D eigenvalue weighted by Gasteiger charge is 2.29. The molecular formula is C14H17N3O2. The Hall–Kier alpha value is -1.88. The normalized spacial score (nSPS) is 20.9. The topological polar surface area (TPSA) is 69.2 Å². The maximum absolute atomic E-state index is 12.4. The Labute approximate surface area is 111 Å². The summed E-state index contributed by atoms with van der Waals surface area (Å²) in [6.45, 7) is 3.15. The summed E-state index contributed by atoms with van der Waals surface area (Å²) in [4.78, 5) is 14.2. The largest absolute Gasteiger partial charge is 0.393 e. The van der Waals surface area contributed by atoms with Crippen molar-refractivity contribution in [1.29, 1.82) is 0 Å². The van der Waals surface area contributed by atoms with Gasteiger partial charge in [0.25, 0.3) is 5.91 Å². The van der Waals surface area contributed by atoms with E-state index in [0.717, 1.165) is 23.9 Å². The molecule has 0 bridgehead atoms. The number of H-pyrrole nitrogens is 1. The number of aliphatic hydroxyl groups excluding tert-OH is 1. The van der Waals surface area contributed by atoms with Crippen molar-refractivity contribution in [1.82, 2.24) is 15.1 Å². The fourth-order valence-electron chi connectivity index (χ4n) is 2.62. The van der Waals surface area contributed by atoms with E-state index in [1.54, 1.807) is 13.1 Å². The molecule has 2 unspecified atom stereocenters. The van der Waals surface area contributed by atoms with Crippen LogP contribution < -0.4 is 0 Å². The number of carbonyl (C=O) groups excluding carboxylic acids is 1. The second kappa shape index (κ2) is 4.66. The van der Waals surface area contributed by atoms with Crippen molar-refractivity contribution in [3.8, 4) is 0 Å². The number of nitrogens with zero attached hydrogens (tertiary/aromatic N) is 2. The Morgan fingerprint density at radius 3 is 3.16 bits per heavy atom. The van der Waals surface area contributed by atoms with Gasteiger partial charge >= 0.3 is 0 Å². The number of benzene rings is 1. The number of carbonyl (C=O) groups is 1. The zero-order chi connectivity index (χ0) is 13.4. The Balaban J connectivity index is 1.80. The van der Waals surface area contributed by atoms with Gasteiger partial charge in [-0.3, -0.25) is 9.89 Å². The van der Waals surface area contributed by atoms with Crippen LogP contribution >= 0.6 is 0 Å². The average molecular weight is 259 g/mol. The minimum atomic E-state index is -0.353. The first-order valence-corrected chi connectivity index (χ1v) is 6.55. The molecule has 2 atom stereocenters. The van der Waals surface area contributed by atoms with Crippen LogP contribution in [-0.2, 0) is 0 Å². The number of fused-ring (bicyclic) bond motifs is 1. The van der Waals surface area contributed by atoms with Gasteiger partial charge in [-0.05, 0) is 31.5 Å². The molecule has 1 aliphatic heterocycles. The number of rotatable bonds is 2. The van der Waals surface area contributed by atoms with E-state index < -0.39 is 0 Å². The number of nitrogens with one attached hydrogen (secondary N) is 1. The SMILES string of the molecule is CC(O)C1CCN(C(=O)c2ccc3[nH]ncc3c2)C1. The summed E-state index contributed by atoms with van der Waals surface area (Å²) in [5, 5.41) is 17.3. The van der Waals surface area contributed by atoms with Gasteiger partial charge in [0, 0.05) is 30.0 Å². The van der Waals surface area contributed by atoms with Gasteiger partial charge in [0.05, 0.1) is 17.8 Å². The van der Waals surface area contributed by atoms with Crippen molar-refractivity contribution >= 4 is 16.8 Å². The third-order valence-corrected chi connectivity index (χ3v) is 3.88. The van der Waals surface area contributed by atoms with E-state index in [4.69, 9.17) is 0 Å². The third-order valence-electron chi connectivity index (χ3n) is 3.88. The number of hydrogen-bond acceptors (Lipinski definition) is 3. The molecule has 5 nitrogen and oxygen atoms in total. The molecule has 2 aromatic rings. The molecule has 2 N–H and O–H groups in total. The molecule has 0 radical (unpaired) electrons. The number of amides is 1. The van der Waals surface area contributed by atoms with E-state index in [-0.39, 0.29) is 17.9 Å². The summed E-state index contributed by atoms with van der Waals surface area (Å²) < 4.78 is 0. The smallest absolute Gasteiger partial charge is 0.253 e. The first-order chi connectivity index (χ1) is 9.15. The van der Waals surface area contributed by atoms with E-state index in [0.29, 0.717) is 12.1 Å². The highest BCUT2D eigenvalue weighted by atomic mass is 16.3. The van der Waals surface area contributed by atoms with Gasteiger partial charge in [0.1, 0.15) is 0 Å². The summed E-state index contributed by atoms with van der Waals surface area (Å²) in [5.41, 5.74) is 1.61. The fraction of sp³-hybridized carbons (Fsp3) is 0.429. The van der Waals surface area contributed by atoms with Crippen LogP contribution in [-0.4, -0.2) is 45.3 Å². The number of hydrogen-bond donors (Lipinski definition) is 2. The third kappa shape index (κ3) is 2.21. The molecule has 0 spiro atoms. The van der Waals surface area contributed by atoms with Gasteiger partial charge in [0.2, 0.25) is 0 Å². The second-order valence-electron chi connectivity index (χ2n) is 5.21. The molecule has 100 valence electrons. The minimum Gasteiger partial charge on any atom is -0.393 e. The maximum Gasteiger partial charge on any atom is 0.253 e. The number of aromatic amines is 1. The number of aromatic nitrogens is 2. The van der Waals surface area contributed by atoms with E-state index in [1.807, 2.05) is 23.1 Å². The van der Waals surface area contributed by atoms with Crippen molar-refractivity contribution in [3.05, 3.63) is 30.0 Å². The molecule has 3 rings (SSSR count). The highest BCUT2D eigenvalue weighted by Crippen LogP contribution is 2.22. The van der Waals surface area contributed by atoms with Crippen LogP contribution in [0.1, 0.15) is 23.7 Å². The lowest BCUT2D eigenvalue weighted by Gasteiger charge is -2.17. The molecule has 1 aromatic heterocycles. The molecule has 1 fully saturated rings. The molecule has 1 aliphatic rings. The van der Waals surface area contributed by atoms with E-state index in [2.05, 4.69) is 10.2 Å². The molecule has 1 aromatic carbocycles. The summed E-state index contributed by atoms with van der Waals surface area (Å²) in [5.74, 6) is 0.229. The molecule has 5 heteroatoms. The van der Waals surface area contributed by atoms with Crippen molar-refractivity contribution in [2.45, 2.75) is 19.4 Å². The van der Waals surface area contributed by atoms with E-state index >= 15 is 0 Å². The highest BCUT2D eigenvalue weighted by molar-refractivity contribution is 5.98. The standard InChI is InChI=1S/C14H17N3O2/c1-9(18)11-4-5-17(8-11)14(19)10-2-3-13-12(6-10)7-15-16-13/h2-3,6-7,9,11,18H,4-5,8H2,1H3,(H,15,16). The van der Waals surface area contributed by atoms with Crippen LogP contribution in [0.5, 0.6) is 0 Å². The number of aliphatic hydroxyl groups is 1. The zero-order valence-electron chi connectivity index (χ0n) is 10.8. The molecule has 1 saturated heterocycles. The Kier molecular flexibility index (Phi) is 2.98. The molecule has 0 saturated carbocycles. The van der Waals surface area contributed by atoms with Crippen LogP contribution in [0.2, 0.25) is 0 Å². The zero-order valence-corrected chi connectivity index (χ0v) is 10.8. The van der Waals surface area contributed by atoms with Crippen molar-refractivity contribution in [2.24, 2.45) is 5.92 Å². The van der Waals surface area contributed by atoms with Gasteiger partial charge in [-0.15, -0.1) is 0 Å². The van der Waals surface area contributed by atoms with Gasteiger partial charge in [-0.2, -0.15) is 5.10 Å². The Morgan fingerprint density at radius 1 is 1.58 bits per heavy atom. The first-order valence-electron chi connectivity index (χ1n) is 6.55. The van der Waals surface area contributed by atoms with Crippen LogP contribution in [0.4, 0.5) is 0 Å². The second-order valence-corrected chi connectivity index (χ2v) is 5.21. The van der Waals surface area contributed by atoms with Crippen LogP contribution in [0.25, 0.3) is 10.9 Å². The van der Waals surface area contributed by atoms with E-state index in [1.165, 1.54) is 0 Å². The maximum atomic E-state index is 12.4. The molecule has 2 heterocycles. The summed E-state index contributed by atoms with van der Waals surface area (Å²) in [7, 11) is 0. The van der Waals surface area contributed by atoms with Crippen LogP contribution in [0.15, 0.2) is 24.4 Å². The lowest BCUT2D eigenvalue weighted by atomic mass is 10.0. The number of likely N-dealkylation sites (tertiary alicyclic amines) is 1. The van der Waals surface area contributed by atoms with Crippen LogP contribution in [0, 0.1) is 5.92 Å². The quantitative estimate of drug-likeness (QED) is 0.856. The predicted molar refractivity (Wildman–Crippen MR) is 71.8 cm³/mol. The Morgan fingerprint density at radius 2 is 2.42 bits per heavy atom. The van der Waals surface area contributed by atoms with Gasteiger partial charge in [0.15, 0.2) is 0 Å². The van der Waals surface area contributed by atoms with Gasteiger partial charge in [-0.25, -0.2) is 0 Å². The van der Waals surface area contributed by atoms with Crippen molar-refractivity contribution < 1.29 is 9.90 Å². The lowest BCUT2D eigenvalue weighted by molar-refractivity contribution is 0.0762. The monoisotopic (exact) mass is 259 g/mol. The predicted octanol–water partition coefficient (Wildman–Crippen LogP) is 1.41. The van der Waals surface area contributed by atoms with Crippen molar-refractivity contribution in [2.75, 3.05) is 13.1 Å². The van der Waals surface area contributed by atoms with Crippen LogP contribution in [0.3, 0.4) is 0 Å². The van der Waals surface area contributed by atoms with Gasteiger partial charge in [-0.1, -0.05) is 0 Å². The van der Waals surface area contributed by atoms with Gasteiger partial charge < -0.3 is 10.0 Å². The molecule has 0 aliphatic carbocycles. The van der Waals surface area contributed by atoms with E-state index in [9.17, 15) is 9.90 Å². The van der Waals surface area contributed by atoms with Crippen molar-refractivity contribution in [3.63, 3.8) is 0 Å². The fourth-order valence-corrected chi connectivity index (χ4v) is 2.62. The molecule has 19 heavy (non-hydrogen) atoms.